The predicted octanol–water partition coefficient (Wildman–Crippen LogP) is 0.813. The minimum Gasteiger partial charge on any atom is -0.426 e. The second-order valence-corrected chi connectivity index (χ2v) is 4.62. The molecular weight excluding hydrogens is 300 g/mol. The summed E-state index contributed by atoms with van der Waals surface area (Å²) >= 11 is 0. The van der Waals surface area contributed by atoms with Gasteiger partial charge in [0.1, 0.15) is 16.9 Å². The number of nitrogens with two attached hydrogens (primary N) is 1. The third kappa shape index (κ3) is 4.37. The van der Waals surface area contributed by atoms with Crippen molar-refractivity contribution in [3.63, 3.8) is 0 Å². The fourth-order valence-corrected chi connectivity index (χ4v) is 1.84. The van der Waals surface area contributed by atoms with Gasteiger partial charge in [-0.3, -0.25) is 9.59 Å². The van der Waals surface area contributed by atoms with E-state index in [1.54, 1.807) is 30.5 Å². The van der Waals surface area contributed by atoms with E-state index in [1.165, 1.54) is 29.8 Å². The fourth-order valence-electron chi connectivity index (χ4n) is 1.84. The summed E-state index contributed by atoms with van der Waals surface area (Å²) in [6, 6.07) is 9.42. The van der Waals surface area contributed by atoms with Gasteiger partial charge in [0.05, 0.1) is 0 Å². The van der Waals surface area contributed by atoms with Crippen molar-refractivity contribution in [2.45, 2.75) is 13.7 Å². The molecule has 1 aromatic carbocycles. The molecule has 118 valence electrons. The summed E-state index contributed by atoms with van der Waals surface area (Å²) in [4.78, 5) is 34.3. The molecule has 0 spiro atoms. The molecule has 7 heteroatoms. The van der Waals surface area contributed by atoms with Crippen LogP contribution in [0.15, 0.2) is 48.8 Å². The number of ether oxygens (including phenoxy) is 2. The molecule has 7 nitrogen and oxygen atoms in total. The van der Waals surface area contributed by atoms with E-state index in [4.69, 9.17) is 15.2 Å². The standard InChI is InChI=1S/C16H14N2O5/c1-11(19)23-14-7-3-2-6-13(14)16(21)22-10-18-8-4-5-12(9-18)15(17)20/h2-9H,10H2,1H3,(H-,17,20)/p+1. The number of carbonyl (C=O) groups is 3. The highest BCUT2D eigenvalue weighted by molar-refractivity contribution is 5.93. The van der Waals surface area contributed by atoms with Crippen molar-refractivity contribution in [1.82, 2.24) is 0 Å². The number of nitrogens with zero attached hydrogens (tertiary/aromatic N) is 1. The summed E-state index contributed by atoms with van der Waals surface area (Å²) in [5.41, 5.74) is 5.62. The first kappa shape index (κ1) is 16.2. The van der Waals surface area contributed by atoms with Crippen LogP contribution in [-0.4, -0.2) is 17.8 Å². The molecule has 2 N–H and O–H groups in total. The average Bonchev–Trinajstić information content (AvgIpc) is 2.53. The molecule has 0 atom stereocenters. The molecule has 0 aliphatic heterocycles. The van der Waals surface area contributed by atoms with Crippen molar-refractivity contribution < 1.29 is 28.4 Å². The average molecular weight is 315 g/mol. The summed E-state index contributed by atoms with van der Waals surface area (Å²) in [6.45, 7) is 1.13. The first-order valence-corrected chi connectivity index (χ1v) is 6.71. The van der Waals surface area contributed by atoms with Crippen molar-refractivity contribution in [1.29, 1.82) is 0 Å². The number of hydrogen-bond donors (Lipinski definition) is 1. The molecule has 1 heterocycles. The smallest absolute Gasteiger partial charge is 0.346 e. The minimum atomic E-state index is -0.654. The molecule has 0 saturated carbocycles. The van der Waals surface area contributed by atoms with Crippen LogP contribution in [-0.2, 0) is 16.3 Å². The number of hydrogen-bond acceptors (Lipinski definition) is 5. The largest absolute Gasteiger partial charge is 0.426 e. The van der Waals surface area contributed by atoms with Crippen molar-refractivity contribution in [3.8, 4) is 5.75 Å². The molecule has 0 fully saturated rings. The molecule has 0 saturated heterocycles. The lowest BCUT2D eigenvalue weighted by Crippen LogP contribution is -2.36. The monoisotopic (exact) mass is 315 g/mol. The number of aromatic nitrogens is 1. The molecule has 23 heavy (non-hydrogen) atoms. The maximum atomic E-state index is 12.1. The highest BCUT2D eigenvalue weighted by Crippen LogP contribution is 2.19. The van der Waals surface area contributed by atoms with Crippen LogP contribution in [0.3, 0.4) is 0 Å². The van der Waals surface area contributed by atoms with Gasteiger partial charge in [-0.05, 0) is 18.2 Å². The van der Waals surface area contributed by atoms with Gasteiger partial charge in [0, 0.05) is 13.0 Å². The topological polar surface area (TPSA) is 99.6 Å². The van der Waals surface area contributed by atoms with Gasteiger partial charge in [0.25, 0.3) is 12.6 Å². The Labute approximate surface area is 132 Å². The Kier molecular flexibility index (Phi) is 5.03. The van der Waals surface area contributed by atoms with Crippen molar-refractivity contribution in [2.24, 2.45) is 5.73 Å². The van der Waals surface area contributed by atoms with Gasteiger partial charge >= 0.3 is 11.9 Å². The maximum absolute atomic E-state index is 12.1. The van der Waals surface area contributed by atoms with Crippen LogP contribution in [0.25, 0.3) is 0 Å². The number of amides is 1. The summed E-state index contributed by atoms with van der Waals surface area (Å²) in [6.07, 6.45) is 3.09. The lowest BCUT2D eigenvalue weighted by atomic mass is 10.2. The molecule has 0 unspecified atom stereocenters. The summed E-state index contributed by atoms with van der Waals surface area (Å²) in [5, 5.41) is 0. The van der Waals surface area contributed by atoms with Crippen molar-refractivity contribution >= 4 is 17.8 Å². The molecule has 1 aromatic heterocycles. The van der Waals surface area contributed by atoms with E-state index in [9.17, 15) is 14.4 Å². The van der Waals surface area contributed by atoms with Gasteiger partial charge in [0.15, 0.2) is 12.4 Å². The summed E-state index contributed by atoms with van der Waals surface area (Å²) in [5.74, 6) is -1.64. The van der Waals surface area contributed by atoms with Crippen LogP contribution < -0.4 is 15.0 Å². The Hall–Kier alpha value is -3.22. The highest BCUT2D eigenvalue weighted by Gasteiger charge is 2.17. The van der Waals surface area contributed by atoms with Crippen LogP contribution in [0.5, 0.6) is 5.75 Å². The van der Waals surface area contributed by atoms with Gasteiger partial charge in [-0.1, -0.05) is 12.1 Å². The Bertz CT molecular complexity index is 758. The normalized spacial score (nSPS) is 9.96. The number of rotatable bonds is 5. The number of pyridine rings is 1. The number of primary amides is 1. The van der Waals surface area contributed by atoms with Crippen LogP contribution in [0.4, 0.5) is 0 Å². The molecule has 2 aromatic rings. The lowest BCUT2D eigenvalue weighted by molar-refractivity contribution is -0.727. The van der Waals surface area contributed by atoms with Crippen LogP contribution in [0.1, 0.15) is 27.6 Å². The van der Waals surface area contributed by atoms with E-state index in [1.807, 2.05) is 0 Å². The maximum Gasteiger partial charge on any atom is 0.346 e. The number of para-hydroxylation sites is 1. The molecule has 0 bridgehead atoms. The third-order valence-electron chi connectivity index (χ3n) is 2.85. The third-order valence-corrected chi connectivity index (χ3v) is 2.85. The zero-order chi connectivity index (χ0) is 16.8. The molecule has 0 aliphatic rings. The van der Waals surface area contributed by atoms with Crippen LogP contribution in [0.2, 0.25) is 0 Å². The fraction of sp³-hybridized carbons (Fsp3) is 0.125. The quantitative estimate of drug-likeness (QED) is 0.500. The van der Waals surface area contributed by atoms with E-state index in [2.05, 4.69) is 0 Å². The van der Waals surface area contributed by atoms with E-state index < -0.39 is 17.8 Å². The lowest BCUT2D eigenvalue weighted by Gasteiger charge is -2.07. The summed E-state index contributed by atoms with van der Waals surface area (Å²) in [7, 11) is 0. The highest BCUT2D eigenvalue weighted by atomic mass is 16.6. The van der Waals surface area contributed by atoms with Gasteiger partial charge in [-0.25, -0.2) is 4.79 Å². The first-order chi connectivity index (χ1) is 11.0. The molecule has 0 aliphatic carbocycles. The molecule has 1 amide bonds. The number of esters is 2. The van der Waals surface area contributed by atoms with Crippen molar-refractivity contribution in [3.05, 3.63) is 59.9 Å². The second kappa shape index (κ2) is 7.17. The van der Waals surface area contributed by atoms with Gasteiger partial charge in [0.2, 0.25) is 0 Å². The van der Waals surface area contributed by atoms with E-state index in [-0.39, 0.29) is 18.0 Å². The SMILES string of the molecule is CC(=O)Oc1ccccc1C(=O)OC[n+]1cccc(C(N)=O)c1. The second-order valence-electron chi connectivity index (χ2n) is 4.62. The Morgan fingerprint density at radius 2 is 1.87 bits per heavy atom. The van der Waals surface area contributed by atoms with Gasteiger partial charge < -0.3 is 15.2 Å². The Morgan fingerprint density at radius 3 is 2.57 bits per heavy atom. The summed E-state index contributed by atoms with van der Waals surface area (Å²) < 4.78 is 11.6. The Balaban J connectivity index is 2.10. The van der Waals surface area contributed by atoms with Gasteiger partial charge in [-0.2, -0.15) is 4.57 Å². The van der Waals surface area contributed by atoms with Crippen molar-refractivity contribution in [2.75, 3.05) is 0 Å². The molecule has 0 radical (unpaired) electrons. The minimum absolute atomic E-state index is 0.117. The van der Waals surface area contributed by atoms with E-state index in [0.29, 0.717) is 5.56 Å². The molecule has 2 rings (SSSR count). The Morgan fingerprint density at radius 1 is 1.13 bits per heavy atom. The van der Waals surface area contributed by atoms with E-state index >= 15 is 0 Å². The molecular formula is C16H15N2O5+. The zero-order valence-electron chi connectivity index (χ0n) is 12.4. The first-order valence-electron chi connectivity index (χ1n) is 6.71. The van der Waals surface area contributed by atoms with Gasteiger partial charge in [-0.15, -0.1) is 0 Å². The zero-order valence-corrected chi connectivity index (χ0v) is 12.4. The van der Waals surface area contributed by atoms with E-state index in [0.717, 1.165) is 0 Å². The van der Waals surface area contributed by atoms with Crippen LogP contribution in [0, 0.1) is 0 Å². The predicted molar refractivity (Wildman–Crippen MR) is 78.3 cm³/mol. The number of carbonyl (C=O) groups excluding carboxylic acids is 3. The van der Waals surface area contributed by atoms with Crippen LogP contribution >= 0.6 is 0 Å². The number of benzene rings is 1.